The van der Waals surface area contributed by atoms with Gasteiger partial charge in [0.15, 0.2) is 6.10 Å². The lowest BCUT2D eigenvalue weighted by Gasteiger charge is -2.11. The van der Waals surface area contributed by atoms with Crippen LogP contribution in [0.2, 0.25) is 0 Å². The SMILES string of the molecule is [C-]#[N+]CC(O)c1ccc(OC)cc1OC. The van der Waals surface area contributed by atoms with Crippen LogP contribution < -0.4 is 9.47 Å². The van der Waals surface area contributed by atoms with Gasteiger partial charge in [-0.15, -0.1) is 0 Å². The van der Waals surface area contributed by atoms with Crippen LogP contribution in [0.4, 0.5) is 0 Å². The molecule has 1 unspecified atom stereocenters. The van der Waals surface area contributed by atoms with Crippen molar-refractivity contribution in [3.8, 4) is 11.5 Å². The van der Waals surface area contributed by atoms with Gasteiger partial charge in [-0.25, -0.2) is 6.57 Å². The van der Waals surface area contributed by atoms with E-state index in [1.807, 2.05) is 0 Å². The Morgan fingerprint density at radius 2 is 2.13 bits per heavy atom. The maximum absolute atomic E-state index is 9.66. The van der Waals surface area contributed by atoms with Crippen LogP contribution in [0.25, 0.3) is 4.85 Å². The Balaban J connectivity index is 3.02. The van der Waals surface area contributed by atoms with Crippen molar-refractivity contribution in [2.75, 3.05) is 20.8 Å². The highest BCUT2D eigenvalue weighted by Crippen LogP contribution is 2.29. The van der Waals surface area contributed by atoms with E-state index >= 15 is 0 Å². The number of hydrogen-bond donors (Lipinski definition) is 1. The maximum atomic E-state index is 9.66. The molecule has 15 heavy (non-hydrogen) atoms. The number of benzene rings is 1. The first kappa shape index (κ1) is 11.3. The number of ether oxygens (including phenoxy) is 2. The molecule has 0 saturated heterocycles. The first-order chi connectivity index (χ1) is 7.22. The molecule has 0 aliphatic heterocycles. The minimum absolute atomic E-state index is 0.0304. The van der Waals surface area contributed by atoms with Crippen LogP contribution in [-0.4, -0.2) is 25.9 Å². The van der Waals surface area contributed by atoms with E-state index in [1.165, 1.54) is 7.11 Å². The second-order valence-electron chi connectivity index (χ2n) is 2.96. The molecule has 1 N–H and O–H groups in total. The smallest absolute Gasteiger partial charge is 0.244 e. The summed E-state index contributed by atoms with van der Waals surface area (Å²) in [5.41, 5.74) is 0.606. The van der Waals surface area contributed by atoms with E-state index in [0.29, 0.717) is 17.1 Å². The van der Waals surface area contributed by atoms with Crippen molar-refractivity contribution >= 4 is 0 Å². The quantitative estimate of drug-likeness (QED) is 0.763. The zero-order chi connectivity index (χ0) is 11.3. The molecule has 1 atom stereocenters. The summed E-state index contributed by atoms with van der Waals surface area (Å²) in [6.07, 6.45) is -0.816. The van der Waals surface area contributed by atoms with Gasteiger partial charge in [0.2, 0.25) is 6.54 Å². The summed E-state index contributed by atoms with van der Waals surface area (Å²) >= 11 is 0. The molecule has 4 nitrogen and oxygen atoms in total. The molecule has 0 spiro atoms. The van der Waals surface area contributed by atoms with E-state index in [4.69, 9.17) is 16.0 Å². The van der Waals surface area contributed by atoms with Crippen LogP contribution >= 0.6 is 0 Å². The molecule has 0 bridgehead atoms. The van der Waals surface area contributed by atoms with Crippen molar-refractivity contribution in [1.29, 1.82) is 0 Å². The molecule has 1 rings (SSSR count). The molecule has 1 aromatic rings. The number of nitrogens with zero attached hydrogens (tertiary/aromatic N) is 1. The summed E-state index contributed by atoms with van der Waals surface area (Å²) in [6.45, 7) is 6.72. The summed E-state index contributed by atoms with van der Waals surface area (Å²) in [5.74, 6) is 1.19. The molecular weight excluding hydrogens is 194 g/mol. The van der Waals surface area contributed by atoms with Crippen molar-refractivity contribution in [3.63, 3.8) is 0 Å². The predicted octanol–water partition coefficient (Wildman–Crippen LogP) is 1.66. The number of methoxy groups -OCH3 is 2. The Morgan fingerprint density at radius 1 is 1.40 bits per heavy atom. The van der Waals surface area contributed by atoms with Gasteiger partial charge in [0.1, 0.15) is 11.5 Å². The zero-order valence-electron chi connectivity index (χ0n) is 8.73. The normalized spacial score (nSPS) is 11.6. The molecule has 0 saturated carbocycles. The fourth-order valence-electron chi connectivity index (χ4n) is 1.28. The van der Waals surface area contributed by atoms with Gasteiger partial charge in [0.05, 0.1) is 14.2 Å². The minimum Gasteiger partial charge on any atom is -0.497 e. The maximum Gasteiger partial charge on any atom is 0.244 e. The second-order valence-corrected chi connectivity index (χ2v) is 2.96. The predicted molar refractivity (Wildman–Crippen MR) is 56.0 cm³/mol. The van der Waals surface area contributed by atoms with Gasteiger partial charge in [-0.2, -0.15) is 0 Å². The monoisotopic (exact) mass is 207 g/mol. The lowest BCUT2D eigenvalue weighted by Crippen LogP contribution is -2.03. The van der Waals surface area contributed by atoms with E-state index in [-0.39, 0.29) is 6.54 Å². The van der Waals surface area contributed by atoms with E-state index in [1.54, 1.807) is 25.3 Å². The van der Waals surface area contributed by atoms with Crippen molar-refractivity contribution in [2.45, 2.75) is 6.10 Å². The standard InChI is InChI=1S/C11H13NO3/c1-12-7-10(13)9-5-4-8(14-2)6-11(9)15-3/h4-6,10,13H,7H2,2-3H3. The summed E-state index contributed by atoms with van der Waals surface area (Å²) < 4.78 is 10.1. The number of hydrogen-bond acceptors (Lipinski definition) is 3. The van der Waals surface area contributed by atoms with Gasteiger partial charge in [0.25, 0.3) is 0 Å². The Morgan fingerprint density at radius 3 is 2.67 bits per heavy atom. The first-order valence-corrected chi connectivity index (χ1v) is 4.46. The molecule has 4 heteroatoms. The van der Waals surface area contributed by atoms with Crippen LogP contribution in [0.3, 0.4) is 0 Å². The van der Waals surface area contributed by atoms with E-state index in [2.05, 4.69) is 4.85 Å². The Bertz CT molecular complexity index is 371. The second kappa shape index (κ2) is 5.23. The Kier molecular flexibility index (Phi) is 3.95. The summed E-state index contributed by atoms with van der Waals surface area (Å²) in [6, 6.07) is 5.11. The summed E-state index contributed by atoms with van der Waals surface area (Å²) in [4.78, 5) is 3.14. The Labute approximate surface area is 88.9 Å². The van der Waals surface area contributed by atoms with E-state index < -0.39 is 6.10 Å². The molecule has 1 aromatic carbocycles. The molecular formula is C11H13NO3. The molecule has 80 valence electrons. The summed E-state index contributed by atoms with van der Waals surface area (Å²) in [5, 5.41) is 9.66. The molecule has 0 heterocycles. The molecule has 0 aliphatic rings. The largest absolute Gasteiger partial charge is 0.497 e. The first-order valence-electron chi connectivity index (χ1n) is 4.46. The van der Waals surface area contributed by atoms with Crippen LogP contribution in [0.15, 0.2) is 18.2 Å². The van der Waals surface area contributed by atoms with Crippen LogP contribution in [0, 0.1) is 6.57 Å². The lowest BCUT2D eigenvalue weighted by atomic mass is 10.1. The van der Waals surface area contributed by atoms with Gasteiger partial charge in [0, 0.05) is 11.6 Å². The lowest BCUT2D eigenvalue weighted by molar-refractivity contribution is 0.190. The average molecular weight is 207 g/mol. The molecule has 0 radical (unpaired) electrons. The third kappa shape index (κ3) is 2.61. The zero-order valence-corrected chi connectivity index (χ0v) is 8.73. The fourth-order valence-corrected chi connectivity index (χ4v) is 1.28. The highest BCUT2D eigenvalue weighted by molar-refractivity contribution is 5.42. The molecule has 0 amide bonds. The number of aliphatic hydroxyl groups excluding tert-OH is 1. The van der Waals surface area contributed by atoms with Crippen molar-refractivity contribution in [2.24, 2.45) is 0 Å². The van der Waals surface area contributed by atoms with Gasteiger partial charge in [-0.05, 0) is 12.1 Å². The van der Waals surface area contributed by atoms with E-state index in [9.17, 15) is 5.11 Å². The Hall–Kier alpha value is -1.73. The van der Waals surface area contributed by atoms with Gasteiger partial charge in [-0.3, -0.25) is 0 Å². The van der Waals surface area contributed by atoms with Gasteiger partial charge < -0.3 is 19.4 Å². The van der Waals surface area contributed by atoms with Crippen LogP contribution in [0.5, 0.6) is 11.5 Å². The minimum atomic E-state index is -0.816. The highest BCUT2D eigenvalue weighted by atomic mass is 16.5. The van der Waals surface area contributed by atoms with Crippen molar-refractivity contribution in [1.82, 2.24) is 0 Å². The van der Waals surface area contributed by atoms with E-state index in [0.717, 1.165) is 0 Å². The van der Waals surface area contributed by atoms with Crippen molar-refractivity contribution < 1.29 is 14.6 Å². The summed E-state index contributed by atoms with van der Waals surface area (Å²) in [7, 11) is 3.08. The van der Waals surface area contributed by atoms with Crippen LogP contribution in [-0.2, 0) is 0 Å². The van der Waals surface area contributed by atoms with Gasteiger partial charge in [-0.1, -0.05) is 0 Å². The third-order valence-electron chi connectivity index (χ3n) is 2.06. The third-order valence-corrected chi connectivity index (χ3v) is 2.06. The van der Waals surface area contributed by atoms with Crippen molar-refractivity contribution in [3.05, 3.63) is 35.2 Å². The number of aliphatic hydroxyl groups is 1. The molecule has 0 aromatic heterocycles. The van der Waals surface area contributed by atoms with Gasteiger partial charge >= 0.3 is 0 Å². The average Bonchev–Trinajstić information content (AvgIpc) is 2.28. The topological polar surface area (TPSA) is 43.0 Å². The highest BCUT2D eigenvalue weighted by Gasteiger charge is 2.16. The van der Waals surface area contributed by atoms with Crippen LogP contribution in [0.1, 0.15) is 11.7 Å². The fraction of sp³-hybridized carbons (Fsp3) is 0.364. The molecule has 0 fully saturated rings. The number of rotatable bonds is 4. The molecule has 0 aliphatic carbocycles.